The second-order valence-electron chi connectivity index (χ2n) is 6.70. The van der Waals surface area contributed by atoms with Crippen LogP contribution in [0.2, 0.25) is 0 Å². The van der Waals surface area contributed by atoms with Gasteiger partial charge in [0.2, 0.25) is 0 Å². The second kappa shape index (κ2) is 6.90. The summed E-state index contributed by atoms with van der Waals surface area (Å²) in [6.07, 6.45) is 3.54. The fourth-order valence-electron chi connectivity index (χ4n) is 3.48. The number of nitrogens with one attached hydrogen (secondary N) is 2. The zero-order chi connectivity index (χ0) is 19.0. The second-order valence-corrected chi connectivity index (χ2v) is 6.70. The number of aliphatic carboxylic acids is 1. The van der Waals surface area contributed by atoms with Crippen molar-refractivity contribution in [3.05, 3.63) is 36.0 Å². The highest BCUT2D eigenvalue weighted by Gasteiger charge is 2.28. The predicted molar refractivity (Wildman–Crippen MR) is 94.0 cm³/mol. The van der Waals surface area contributed by atoms with Crippen molar-refractivity contribution in [3.8, 4) is 11.5 Å². The summed E-state index contributed by atoms with van der Waals surface area (Å²) in [6.45, 7) is 0. The van der Waals surface area contributed by atoms with Crippen LogP contribution in [0, 0.1) is 17.6 Å². The zero-order valence-electron chi connectivity index (χ0n) is 14.2. The molecule has 0 aliphatic heterocycles. The highest BCUT2D eigenvalue weighted by molar-refractivity contribution is 5.91. The van der Waals surface area contributed by atoms with Crippen LogP contribution in [0.5, 0.6) is 0 Å². The Morgan fingerprint density at radius 3 is 2.96 bits per heavy atom. The third-order valence-corrected chi connectivity index (χ3v) is 4.85. The van der Waals surface area contributed by atoms with Gasteiger partial charge in [0, 0.05) is 11.4 Å². The number of benzene rings is 1. The van der Waals surface area contributed by atoms with E-state index in [-0.39, 0.29) is 17.7 Å². The molecule has 3 aromatic rings. The third-order valence-electron chi connectivity index (χ3n) is 4.85. The molecule has 0 unspecified atom stereocenters. The number of fused-ring (bicyclic) bond motifs is 1. The lowest BCUT2D eigenvalue weighted by Gasteiger charge is -2.27. The quantitative estimate of drug-likeness (QED) is 0.648. The Labute approximate surface area is 152 Å². The molecular formula is C18H17F2N5O2. The molecule has 2 atom stereocenters. The monoisotopic (exact) mass is 373 g/mol. The average molecular weight is 373 g/mol. The van der Waals surface area contributed by atoms with Gasteiger partial charge >= 0.3 is 5.97 Å². The third kappa shape index (κ3) is 3.44. The normalized spacial score (nSPS) is 19.9. The molecule has 140 valence electrons. The maximum atomic E-state index is 14.2. The minimum atomic E-state index is -0.838. The molecule has 1 saturated carbocycles. The highest BCUT2D eigenvalue weighted by atomic mass is 19.1. The summed E-state index contributed by atoms with van der Waals surface area (Å²) in [5, 5.41) is 19.6. The molecule has 0 bridgehead atoms. The van der Waals surface area contributed by atoms with E-state index in [1.165, 1.54) is 12.1 Å². The van der Waals surface area contributed by atoms with Gasteiger partial charge in [-0.3, -0.25) is 9.89 Å². The summed E-state index contributed by atoms with van der Waals surface area (Å²) in [7, 11) is 0. The van der Waals surface area contributed by atoms with Gasteiger partial charge in [-0.1, -0.05) is 6.42 Å². The largest absolute Gasteiger partial charge is 0.481 e. The van der Waals surface area contributed by atoms with Crippen molar-refractivity contribution in [3.63, 3.8) is 0 Å². The summed E-state index contributed by atoms with van der Waals surface area (Å²) in [6, 6.07) is 3.99. The number of carboxylic acid groups (broad SMARTS) is 1. The van der Waals surface area contributed by atoms with E-state index in [4.69, 9.17) is 0 Å². The zero-order valence-corrected chi connectivity index (χ0v) is 14.2. The molecular weight excluding hydrogens is 356 g/mol. The Bertz CT molecular complexity index is 1010. The maximum absolute atomic E-state index is 14.2. The van der Waals surface area contributed by atoms with Crippen LogP contribution < -0.4 is 5.32 Å². The number of H-pyrrole nitrogens is 1. The molecule has 1 aliphatic rings. The fraction of sp³-hybridized carbons (Fsp3) is 0.333. The van der Waals surface area contributed by atoms with Crippen molar-refractivity contribution in [2.45, 2.75) is 31.7 Å². The Kier molecular flexibility index (Phi) is 4.43. The Morgan fingerprint density at radius 1 is 1.30 bits per heavy atom. The summed E-state index contributed by atoms with van der Waals surface area (Å²) in [4.78, 5) is 19.4. The number of carboxylic acids is 1. The van der Waals surface area contributed by atoms with Gasteiger partial charge in [0.15, 0.2) is 17.5 Å². The molecule has 9 heteroatoms. The first-order chi connectivity index (χ1) is 13.0. The van der Waals surface area contributed by atoms with E-state index in [1.54, 1.807) is 6.07 Å². The summed E-state index contributed by atoms with van der Waals surface area (Å²) in [5.41, 5.74) is 0.935. The Balaban J connectivity index is 1.63. The number of rotatable bonds is 4. The highest BCUT2D eigenvalue weighted by Crippen LogP contribution is 2.29. The van der Waals surface area contributed by atoms with Crippen molar-refractivity contribution in [2.24, 2.45) is 5.92 Å². The molecule has 4 rings (SSSR count). The lowest BCUT2D eigenvalue weighted by Crippen LogP contribution is -2.31. The van der Waals surface area contributed by atoms with Crippen LogP contribution in [0.3, 0.4) is 0 Å². The number of nitrogens with zero attached hydrogens (tertiary/aromatic N) is 3. The number of hydrogen-bond donors (Lipinski definition) is 3. The molecule has 2 aromatic heterocycles. The number of hydrogen-bond acceptors (Lipinski definition) is 5. The minimum absolute atomic E-state index is 0.0106. The lowest BCUT2D eigenvalue weighted by atomic mass is 9.86. The van der Waals surface area contributed by atoms with Crippen LogP contribution in [-0.4, -0.2) is 37.3 Å². The first kappa shape index (κ1) is 17.3. The maximum Gasteiger partial charge on any atom is 0.306 e. The van der Waals surface area contributed by atoms with Gasteiger partial charge in [0.1, 0.15) is 11.5 Å². The van der Waals surface area contributed by atoms with Crippen molar-refractivity contribution in [2.75, 3.05) is 5.32 Å². The summed E-state index contributed by atoms with van der Waals surface area (Å²) in [5.74, 6) is -2.20. The topological polar surface area (TPSA) is 104 Å². The van der Waals surface area contributed by atoms with Crippen molar-refractivity contribution < 1.29 is 18.7 Å². The molecule has 0 radical (unpaired) electrons. The minimum Gasteiger partial charge on any atom is -0.481 e. The first-order valence-corrected chi connectivity index (χ1v) is 8.67. The molecule has 2 heterocycles. The number of aromatic amines is 1. The van der Waals surface area contributed by atoms with Crippen molar-refractivity contribution in [1.29, 1.82) is 0 Å². The number of anilines is 1. The van der Waals surface area contributed by atoms with E-state index in [0.717, 1.165) is 19.0 Å². The number of carbonyl (C=O) groups is 1. The van der Waals surface area contributed by atoms with E-state index in [0.29, 0.717) is 29.4 Å². The van der Waals surface area contributed by atoms with Gasteiger partial charge < -0.3 is 10.4 Å². The van der Waals surface area contributed by atoms with Crippen LogP contribution >= 0.6 is 0 Å². The number of aromatic nitrogens is 4. The van der Waals surface area contributed by atoms with Crippen LogP contribution in [0.15, 0.2) is 24.4 Å². The van der Waals surface area contributed by atoms with Crippen molar-refractivity contribution in [1.82, 2.24) is 20.2 Å². The van der Waals surface area contributed by atoms with Gasteiger partial charge in [-0.15, -0.1) is 0 Å². The Morgan fingerprint density at radius 2 is 2.15 bits per heavy atom. The van der Waals surface area contributed by atoms with Gasteiger partial charge in [-0.2, -0.15) is 5.10 Å². The van der Waals surface area contributed by atoms with Gasteiger partial charge in [0.25, 0.3) is 0 Å². The Hall–Kier alpha value is -3.10. The summed E-state index contributed by atoms with van der Waals surface area (Å²) >= 11 is 0. The van der Waals surface area contributed by atoms with E-state index < -0.39 is 23.5 Å². The number of halogens is 2. The van der Waals surface area contributed by atoms with Crippen LogP contribution in [-0.2, 0) is 4.79 Å². The molecule has 27 heavy (non-hydrogen) atoms. The van der Waals surface area contributed by atoms with Crippen LogP contribution in [0.25, 0.3) is 22.4 Å². The van der Waals surface area contributed by atoms with Gasteiger partial charge in [-0.25, -0.2) is 18.7 Å². The first-order valence-electron chi connectivity index (χ1n) is 8.67. The van der Waals surface area contributed by atoms with Crippen molar-refractivity contribution >= 4 is 22.7 Å². The van der Waals surface area contributed by atoms with Gasteiger partial charge in [-0.05, 0) is 37.5 Å². The smallest absolute Gasteiger partial charge is 0.306 e. The van der Waals surface area contributed by atoms with Crippen LogP contribution in [0.4, 0.5) is 14.6 Å². The predicted octanol–water partition coefficient (Wildman–Crippen LogP) is 3.35. The lowest BCUT2D eigenvalue weighted by molar-refractivity contribution is -0.142. The molecule has 1 fully saturated rings. The van der Waals surface area contributed by atoms with E-state index >= 15 is 0 Å². The molecule has 7 nitrogen and oxygen atoms in total. The SMILES string of the molecule is O=C(O)[C@H]1CCC[C@@H](Nc2nc(-c3n[nH]c4ccc(F)cc34)ncc2F)C1. The average Bonchev–Trinajstić information content (AvgIpc) is 3.07. The van der Waals surface area contributed by atoms with Crippen LogP contribution in [0.1, 0.15) is 25.7 Å². The standard InChI is InChI=1S/C18H17F2N5O2/c19-10-4-5-14-12(7-10)15(25-24-14)17-21-8-13(20)16(23-17)22-11-3-1-2-9(6-11)18(26)27/h4-5,7-9,11H,1-3,6H2,(H,24,25)(H,26,27)(H,21,22,23)/t9-,11+/m0/s1. The van der Waals surface area contributed by atoms with E-state index in [9.17, 15) is 18.7 Å². The molecule has 3 N–H and O–H groups in total. The van der Waals surface area contributed by atoms with Gasteiger partial charge in [0.05, 0.1) is 17.6 Å². The van der Waals surface area contributed by atoms with E-state index in [1.807, 2.05) is 0 Å². The molecule has 0 amide bonds. The molecule has 0 saturated heterocycles. The molecule has 0 spiro atoms. The summed E-state index contributed by atoms with van der Waals surface area (Å²) < 4.78 is 27.8. The molecule has 1 aromatic carbocycles. The van der Waals surface area contributed by atoms with E-state index in [2.05, 4.69) is 25.5 Å². The molecule has 1 aliphatic carbocycles. The fourth-order valence-corrected chi connectivity index (χ4v) is 3.48.